The summed E-state index contributed by atoms with van der Waals surface area (Å²) in [5, 5.41) is 6.13. The Hall–Kier alpha value is -2.64. The standard InChI is InChI=1S/2C13H13P.C8H7.Pd/c2*1-14(12-8-4-2-5-9-12)13-10-6-3-7-11-13;1-2-8-6-4-3-5-7-8;/h2*2-11H,1H3;1-7H;/q;;;-2/p+2. The molecule has 0 unspecified atom stereocenters. The Balaban J connectivity index is 1.84. The zero-order valence-corrected chi connectivity index (χ0v) is 25.0. The molecule has 0 radical (unpaired) electrons. The van der Waals surface area contributed by atoms with Crippen molar-refractivity contribution >= 4 is 38.2 Å². The van der Waals surface area contributed by atoms with E-state index in [9.17, 15) is 0 Å². The van der Waals surface area contributed by atoms with Gasteiger partial charge in [0.25, 0.3) is 0 Å². The van der Waals surface area contributed by atoms with E-state index in [0.717, 1.165) is 0 Å². The second-order valence-electron chi connectivity index (χ2n) is 9.29. The van der Waals surface area contributed by atoms with E-state index in [1.54, 1.807) is 0 Å². The molecule has 0 bridgehead atoms. The molecule has 0 heterocycles. The minimum atomic E-state index is -2.19. The molecule has 0 N–H and O–H groups in total. The molecule has 0 spiro atoms. The summed E-state index contributed by atoms with van der Waals surface area (Å²) in [6.07, 6.45) is 2.43. The van der Waals surface area contributed by atoms with Crippen LogP contribution in [0.15, 0.2) is 156 Å². The molecule has 0 nitrogen and oxygen atoms in total. The normalized spacial score (nSPS) is 13.3. The Morgan fingerprint density at radius 1 is 0.405 bits per heavy atom. The van der Waals surface area contributed by atoms with Crippen molar-refractivity contribution in [2.24, 2.45) is 0 Å². The van der Waals surface area contributed by atoms with Gasteiger partial charge in [-0.15, -0.1) is 0 Å². The summed E-state index contributed by atoms with van der Waals surface area (Å²) in [4.78, 5) is 0. The fourth-order valence-corrected chi connectivity index (χ4v) is 46.2. The number of hydrogen-bond acceptors (Lipinski definition) is 0. The molecule has 0 aliphatic rings. The molecule has 5 aromatic carbocycles. The van der Waals surface area contributed by atoms with Gasteiger partial charge in [0.05, 0.1) is 0 Å². The zero-order valence-electron chi connectivity index (χ0n) is 21.4. The first-order valence-electron chi connectivity index (χ1n) is 12.7. The van der Waals surface area contributed by atoms with E-state index in [4.69, 9.17) is 0 Å². The third-order valence-corrected chi connectivity index (χ3v) is 42.6. The van der Waals surface area contributed by atoms with E-state index in [2.05, 4.69) is 176 Å². The van der Waals surface area contributed by atoms with Crippen LogP contribution in [0, 0.1) is 0 Å². The Morgan fingerprint density at radius 2 is 0.676 bits per heavy atom. The topological polar surface area (TPSA) is 0 Å². The summed E-state index contributed by atoms with van der Waals surface area (Å²) in [6, 6.07) is 56.5. The van der Waals surface area contributed by atoms with Crippen LogP contribution in [0.1, 0.15) is 5.56 Å². The quantitative estimate of drug-likeness (QED) is 0.129. The fraction of sp³-hybridized carbons (Fsp3) is 0.0588. The minimum absolute atomic E-state index is 1.28. The van der Waals surface area contributed by atoms with Gasteiger partial charge in [-0.3, -0.25) is 0 Å². The van der Waals surface area contributed by atoms with E-state index in [1.807, 2.05) is 0 Å². The second kappa shape index (κ2) is 11.8. The van der Waals surface area contributed by atoms with Gasteiger partial charge in [-0.2, -0.15) is 0 Å². The average Bonchev–Trinajstić information content (AvgIpc) is 2.99. The Kier molecular flexibility index (Phi) is 8.30. The first kappa shape index (κ1) is 26.0. The summed E-state index contributed by atoms with van der Waals surface area (Å²) in [6.45, 7) is 5.29. The number of hydrogen-bond donors (Lipinski definition) is 0. The Morgan fingerprint density at radius 3 is 0.973 bits per heavy atom. The molecule has 191 valence electrons. The van der Waals surface area contributed by atoms with Crippen molar-refractivity contribution in [3.05, 3.63) is 162 Å². The van der Waals surface area contributed by atoms with Crippen LogP contribution in [0.25, 0.3) is 6.08 Å². The van der Waals surface area contributed by atoms with Gasteiger partial charge in [0.1, 0.15) is 0 Å². The van der Waals surface area contributed by atoms with Crippen LogP contribution in [0.4, 0.5) is 0 Å². The SMILES string of the molecule is C[PH](c1ccccc1)(c1ccccc1)[Pd]([CH]=Cc1ccccc1)[PH](C)(c1ccccc1)c1ccccc1. The molecular weight excluding hydrogens is 577 g/mol. The molecule has 0 aliphatic carbocycles. The van der Waals surface area contributed by atoms with E-state index in [1.165, 1.54) is 26.8 Å². The maximum atomic E-state index is 2.69. The average molecular weight is 612 g/mol. The molecule has 0 fully saturated rings. The zero-order chi connectivity index (χ0) is 25.6. The molecule has 0 amide bonds. The molecule has 0 atom stereocenters. The monoisotopic (exact) mass is 611 g/mol. The van der Waals surface area contributed by atoms with E-state index in [0.29, 0.717) is 0 Å². The van der Waals surface area contributed by atoms with Gasteiger partial charge >= 0.3 is 229 Å². The summed E-state index contributed by atoms with van der Waals surface area (Å²) in [5.74, 6) is 0. The van der Waals surface area contributed by atoms with Crippen LogP contribution in [0.3, 0.4) is 0 Å². The molecular formula is C34H35P2Pd. The van der Waals surface area contributed by atoms with Gasteiger partial charge < -0.3 is 0 Å². The van der Waals surface area contributed by atoms with Crippen LogP contribution in [-0.2, 0) is 15.8 Å². The Labute approximate surface area is 228 Å². The van der Waals surface area contributed by atoms with Crippen molar-refractivity contribution in [2.45, 2.75) is 0 Å². The first-order valence-corrected chi connectivity index (χ1v) is 22.9. The van der Waals surface area contributed by atoms with Crippen molar-refractivity contribution in [1.82, 2.24) is 0 Å². The van der Waals surface area contributed by atoms with Crippen molar-refractivity contribution < 1.29 is 15.8 Å². The molecule has 0 saturated heterocycles. The van der Waals surface area contributed by atoms with Gasteiger partial charge in [-0.05, 0) is 0 Å². The van der Waals surface area contributed by atoms with Crippen LogP contribution < -0.4 is 21.2 Å². The number of rotatable bonds is 8. The van der Waals surface area contributed by atoms with E-state index < -0.39 is 26.7 Å². The predicted molar refractivity (Wildman–Crippen MR) is 168 cm³/mol. The third-order valence-electron chi connectivity index (χ3n) is 7.02. The van der Waals surface area contributed by atoms with Gasteiger partial charge in [-0.1, -0.05) is 0 Å². The van der Waals surface area contributed by atoms with Gasteiger partial charge in [-0.25, -0.2) is 0 Å². The van der Waals surface area contributed by atoms with Crippen LogP contribution in [0.2, 0.25) is 0 Å². The molecule has 0 aromatic heterocycles. The molecule has 5 rings (SSSR count). The molecule has 0 aliphatic heterocycles. The third kappa shape index (κ3) is 5.34. The van der Waals surface area contributed by atoms with Crippen LogP contribution >= 0.6 is 10.9 Å². The predicted octanol–water partition coefficient (Wildman–Crippen LogP) is 7.17. The maximum absolute atomic E-state index is 2.69. The van der Waals surface area contributed by atoms with Gasteiger partial charge in [0.2, 0.25) is 0 Å². The summed E-state index contributed by atoms with van der Waals surface area (Å²) >= 11 is -1.35. The van der Waals surface area contributed by atoms with Crippen molar-refractivity contribution in [2.75, 3.05) is 13.3 Å². The molecule has 37 heavy (non-hydrogen) atoms. The van der Waals surface area contributed by atoms with Crippen molar-refractivity contribution in [3.8, 4) is 0 Å². The van der Waals surface area contributed by atoms with E-state index in [-0.39, 0.29) is 0 Å². The number of benzene rings is 5. The van der Waals surface area contributed by atoms with Crippen molar-refractivity contribution in [3.63, 3.8) is 0 Å². The molecule has 5 aromatic rings. The van der Waals surface area contributed by atoms with Crippen LogP contribution in [0.5, 0.6) is 0 Å². The van der Waals surface area contributed by atoms with Crippen LogP contribution in [-0.4, -0.2) is 13.3 Å². The van der Waals surface area contributed by atoms with Gasteiger partial charge in [0.15, 0.2) is 0 Å². The van der Waals surface area contributed by atoms with Gasteiger partial charge in [0, 0.05) is 0 Å². The summed E-state index contributed by atoms with van der Waals surface area (Å²) in [5.41, 5.74) is -3.11. The fourth-order valence-electron chi connectivity index (χ4n) is 4.89. The summed E-state index contributed by atoms with van der Waals surface area (Å²) < 4.78 is 2.69. The first-order chi connectivity index (χ1) is 18.1. The second-order valence-corrected chi connectivity index (χ2v) is 32.4. The Bertz CT molecular complexity index is 1250. The van der Waals surface area contributed by atoms with E-state index >= 15 is 0 Å². The molecule has 0 saturated carbocycles. The molecule has 3 heteroatoms. The van der Waals surface area contributed by atoms with Crippen molar-refractivity contribution in [1.29, 1.82) is 0 Å². The summed E-state index contributed by atoms with van der Waals surface area (Å²) in [7, 11) is 0.